The fraction of sp³-hybridized carbons (Fsp3) is 0.250. The fourth-order valence-corrected chi connectivity index (χ4v) is 1.41. The van der Waals surface area contributed by atoms with E-state index in [1.807, 2.05) is 22.6 Å². The first kappa shape index (κ1) is 10.4. The largest absolute Gasteiger partial charge is 0.395 e. The van der Waals surface area contributed by atoms with Crippen LogP contribution in [0.1, 0.15) is 10.4 Å². The third kappa shape index (κ3) is 2.92. The molecule has 70 valence electrons. The molecule has 0 saturated heterocycles. The molecular formula is C8H9IN2O2. The van der Waals surface area contributed by atoms with Gasteiger partial charge in [-0.3, -0.25) is 9.78 Å². The molecule has 0 atom stereocenters. The first-order valence-electron chi connectivity index (χ1n) is 3.74. The molecule has 0 aliphatic carbocycles. The predicted octanol–water partition coefficient (Wildman–Crippen LogP) is 0.408. The van der Waals surface area contributed by atoms with E-state index in [9.17, 15) is 4.79 Å². The Kier molecular flexibility index (Phi) is 4.10. The highest BCUT2D eigenvalue weighted by Gasteiger charge is 2.07. The minimum absolute atomic E-state index is 0.0482. The van der Waals surface area contributed by atoms with E-state index in [0.717, 1.165) is 3.57 Å². The second kappa shape index (κ2) is 5.13. The lowest BCUT2D eigenvalue weighted by Gasteiger charge is -2.03. The molecule has 0 aromatic carbocycles. The predicted molar refractivity (Wildman–Crippen MR) is 56.4 cm³/mol. The van der Waals surface area contributed by atoms with Crippen LogP contribution in [-0.4, -0.2) is 29.1 Å². The lowest BCUT2D eigenvalue weighted by molar-refractivity contribution is 0.0944. The number of hydrogen-bond donors (Lipinski definition) is 2. The molecule has 1 aromatic heterocycles. The molecule has 0 aliphatic heterocycles. The number of aliphatic hydroxyl groups is 1. The van der Waals surface area contributed by atoms with Crippen LogP contribution in [0.25, 0.3) is 0 Å². The normalized spacial score (nSPS) is 9.69. The summed E-state index contributed by atoms with van der Waals surface area (Å²) >= 11 is 2.04. The Labute approximate surface area is 89.5 Å². The van der Waals surface area contributed by atoms with E-state index in [1.165, 1.54) is 0 Å². The highest BCUT2D eigenvalue weighted by atomic mass is 127. The zero-order valence-corrected chi connectivity index (χ0v) is 8.98. The van der Waals surface area contributed by atoms with Crippen molar-refractivity contribution in [3.8, 4) is 0 Å². The van der Waals surface area contributed by atoms with Crippen LogP contribution in [-0.2, 0) is 0 Å². The zero-order chi connectivity index (χ0) is 9.68. The van der Waals surface area contributed by atoms with Crippen molar-refractivity contribution in [1.82, 2.24) is 10.3 Å². The third-order valence-electron chi connectivity index (χ3n) is 1.41. The number of halogens is 1. The van der Waals surface area contributed by atoms with Gasteiger partial charge in [0, 0.05) is 22.5 Å². The Morgan fingerprint density at radius 2 is 2.46 bits per heavy atom. The summed E-state index contributed by atoms with van der Waals surface area (Å²) < 4.78 is 0.801. The average molecular weight is 292 g/mol. The van der Waals surface area contributed by atoms with E-state index in [2.05, 4.69) is 10.3 Å². The maximum absolute atomic E-state index is 11.4. The van der Waals surface area contributed by atoms with Crippen molar-refractivity contribution in [3.05, 3.63) is 27.6 Å². The molecule has 0 radical (unpaired) electrons. The summed E-state index contributed by atoms with van der Waals surface area (Å²) in [5.41, 5.74) is 0.587. The lowest BCUT2D eigenvalue weighted by atomic mass is 10.2. The van der Waals surface area contributed by atoms with Crippen LogP contribution in [0.3, 0.4) is 0 Å². The number of aromatic nitrogens is 1. The van der Waals surface area contributed by atoms with Crippen molar-refractivity contribution in [3.63, 3.8) is 0 Å². The Morgan fingerprint density at radius 3 is 3.08 bits per heavy atom. The summed E-state index contributed by atoms with van der Waals surface area (Å²) in [6, 6.07) is 1.65. The maximum atomic E-state index is 11.4. The van der Waals surface area contributed by atoms with Crippen LogP contribution in [0.2, 0.25) is 0 Å². The SMILES string of the molecule is O=C(NCCO)c1ccncc1I. The first-order valence-corrected chi connectivity index (χ1v) is 4.82. The fourth-order valence-electron chi connectivity index (χ4n) is 0.824. The first-order chi connectivity index (χ1) is 6.25. The van der Waals surface area contributed by atoms with Gasteiger partial charge in [0.1, 0.15) is 0 Å². The van der Waals surface area contributed by atoms with E-state index in [0.29, 0.717) is 5.56 Å². The summed E-state index contributed by atoms with van der Waals surface area (Å²) in [5, 5.41) is 11.1. The topological polar surface area (TPSA) is 62.2 Å². The molecule has 4 nitrogen and oxygen atoms in total. The van der Waals surface area contributed by atoms with Gasteiger partial charge in [-0.05, 0) is 28.7 Å². The second-order valence-electron chi connectivity index (χ2n) is 2.34. The molecule has 13 heavy (non-hydrogen) atoms. The summed E-state index contributed by atoms with van der Waals surface area (Å²) in [7, 11) is 0. The number of nitrogens with zero attached hydrogens (tertiary/aromatic N) is 1. The van der Waals surface area contributed by atoms with Crippen molar-refractivity contribution in [2.75, 3.05) is 13.2 Å². The molecule has 1 heterocycles. The standard InChI is InChI=1S/C8H9IN2O2/c9-7-5-10-2-1-6(7)8(13)11-3-4-12/h1-2,5,12H,3-4H2,(H,11,13). The quantitative estimate of drug-likeness (QED) is 0.793. The van der Waals surface area contributed by atoms with Crippen LogP contribution in [0.15, 0.2) is 18.5 Å². The average Bonchev–Trinajstić information content (AvgIpc) is 2.15. The van der Waals surface area contributed by atoms with Crippen molar-refractivity contribution < 1.29 is 9.90 Å². The van der Waals surface area contributed by atoms with Crippen LogP contribution < -0.4 is 5.32 Å². The van der Waals surface area contributed by atoms with Crippen LogP contribution >= 0.6 is 22.6 Å². The summed E-state index contributed by atoms with van der Waals surface area (Å²) in [5.74, 6) is -0.180. The van der Waals surface area contributed by atoms with E-state index in [1.54, 1.807) is 18.5 Å². The van der Waals surface area contributed by atoms with Crippen molar-refractivity contribution in [1.29, 1.82) is 0 Å². The van der Waals surface area contributed by atoms with E-state index in [4.69, 9.17) is 5.11 Å². The Bertz CT molecular complexity index is 304. The highest BCUT2D eigenvalue weighted by Crippen LogP contribution is 2.08. The van der Waals surface area contributed by atoms with Crippen molar-refractivity contribution in [2.24, 2.45) is 0 Å². The smallest absolute Gasteiger partial charge is 0.252 e. The second-order valence-corrected chi connectivity index (χ2v) is 3.50. The van der Waals surface area contributed by atoms with Crippen LogP contribution in [0.5, 0.6) is 0 Å². The van der Waals surface area contributed by atoms with E-state index in [-0.39, 0.29) is 19.1 Å². The van der Waals surface area contributed by atoms with Gasteiger partial charge in [0.15, 0.2) is 0 Å². The number of rotatable bonds is 3. The number of nitrogens with one attached hydrogen (secondary N) is 1. The van der Waals surface area contributed by atoms with Gasteiger partial charge in [-0.2, -0.15) is 0 Å². The molecule has 1 aromatic rings. The number of carbonyl (C=O) groups excluding carboxylic acids is 1. The molecule has 0 fully saturated rings. The van der Waals surface area contributed by atoms with E-state index >= 15 is 0 Å². The van der Waals surface area contributed by atoms with Gasteiger partial charge in [-0.15, -0.1) is 0 Å². The van der Waals surface area contributed by atoms with Gasteiger partial charge >= 0.3 is 0 Å². The molecule has 0 unspecified atom stereocenters. The monoisotopic (exact) mass is 292 g/mol. The Hall–Kier alpha value is -0.690. The number of amides is 1. The van der Waals surface area contributed by atoms with E-state index < -0.39 is 0 Å². The van der Waals surface area contributed by atoms with Crippen molar-refractivity contribution >= 4 is 28.5 Å². The minimum atomic E-state index is -0.180. The van der Waals surface area contributed by atoms with Gasteiger partial charge < -0.3 is 10.4 Å². The van der Waals surface area contributed by atoms with Gasteiger partial charge in [-0.25, -0.2) is 0 Å². The minimum Gasteiger partial charge on any atom is -0.395 e. The van der Waals surface area contributed by atoms with Crippen molar-refractivity contribution in [2.45, 2.75) is 0 Å². The molecular weight excluding hydrogens is 283 g/mol. The molecule has 0 aliphatic rings. The molecule has 1 amide bonds. The summed E-state index contributed by atoms with van der Waals surface area (Å²) in [4.78, 5) is 15.2. The van der Waals surface area contributed by atoms with Gasteiger partial charge in [0.2, 0.25) is 0 Å². The molecule has 2 N–H and O–H groups in total. The number of pyridine rings is 1. The number of carbonyl (C=O) groups is 1. The molecule has 0 saturated carbocycles. The molecule has 0 bridgehead atoms. The Morgan fingerprint density at radius 1 is 1.69 bits per heavy atom. The van der Waals surface area contributed by atoms with Gasteiger partial charge in [0.25, 0.3) is 5.91 Å². The number of aliphatic hydroxyl groups excluding tert-OH is 1. The van der Waals surface area contributed by atoms with Gasteiger partial charge in [-0.1, -0.05) is 0 Å². The van der Waals surface area contributed by atoms with Gasteiger partial charge in [0.05, 0.1) is 12.2 Å². The summed E-state index contributed by atoms with van der Waals surface area (Å²) in [6.07, 6.45) is 3.18. The molecule has 5 heteroatoms. The summed E-state index contributed by atoms with van der Waals surface area (Å²) in [6.45, 7) is 0.227. The number of hydrogen-bond acceptors (Lipinski definition) is 3. The maximum Gasteiger partial charge on any atom is 0.252 e. The lowest BCUT2D eigenvalue weighted by Crippen LogP contribution is -2.27. The van der Waals surface area contributed by atoms with Crippen LogP contribution in [0, 0.1) is 3.57 Å². The molecule has 1 rings (SSSR count). The zero-order valence-electron chi connectivity index (χ0n) is 6.83. The third-order valence-corrected chi connectivity index (χ3v) is 2.27. The Balaban J connectivity index is 2.71. The molecule has 0 spiro atoms. The van der Waals surface area contributed by atoms with Crippen LogP contribution in [0.4, 0.5) is 0 Å². The highest BCUT2D eigenvalue weighted by molar-refractivity contribution is 14.1.